The van der Waals surface area contributed by atoms with Gasteiger partial charge in [0.05, 0.1) is 11.1 Å². The number of hydrogen-bond donors (Lipinski definition) is 1. The molecule has 1 fully saturated rings. The number of benzene rings is 2. The number of nitrogens with zero attached hydrogens (tertiary/aromatic N) is 1. The third kappa shape index (κ3) is 3.73. The van der Waals surface area contributed by atoms with E-state index in [0.717, 1.165) is 24.9 Å². The number of hydrogen-bond acceptors (Lipinski definition) is 4. The van der Waals surface area contributed by atoms with Gasteiger partial charge in [-0.15, -0.1) is 0 Å². The van der Waals surface area contributed by atoms with Crippen molar-refractivity contribution >= 4 is 11.9 Å². The number of likely N-dealkylation sites (tertiary alicyclic amines) is 1. The van der Waals surface area contributed by atoms with Gasteiger partial charge in [0.2, 0.25) is 5.78 Å². The number of aromatic hydroxyl groups is 1. The first kappa shape index (κ1) is 18.5. The van der Waals surface area contributed by atoms with Crippen LogP contribution in [0.15, 0.2) is 60.4 Å². The number of piperidine rings is 1. The fraction of sp³-hybridized carbons (Fsp3) is 0.292. The Morgan fingerprint density at radius 1 is 1.18 bits per heavy atom. The lowest BCUT2D eigenvalue weighted by atomic mass is 10.0. The summed E-state index contributed by atoms with van der Waals surface area (Å²) in [5.74, 6) is 0.842. The number of fused-ring (bicyclic) bond motifs is 1. The van der Waals surface area contributed by atoms with Crippen LogP contribution in [-0.4, -0.2) is 28.4 Å². The summed E-state index contributed by atoms with van der Waals surface area (Å²) >= 11 is 0. The maximum atomic E-state index is 12.7. The van der Waals surface area contributed by atoms with Crippen LogP contribution < -0.4 is 4.74 Å². The van der Waals surface area contributed by atoms with E-state index in [2.05, 4.69) is 11.8 Å². The molecule has 4 nitrogen and oxygen atoms in total. The van der Waals surface area contributed by atoms with Crippen molar-refractivity contribution in [1.82, 2.24) is 4.90 Å². The summed E-state index contributed by atoms with van der Waals surface area (Å²) in [6.07, 6.45) is 9.01. The Balaban J connectivity index is 1.58. The minimum atomic E-state index is -0.138. The third-order valence-corrected chi connectivity index (χ3v) is 5.55. The molecule has 28 heavy (non-hydrogen) atoms. The molecule has 2 aliphatic heterocycles. The molecule has 4 heteroatoms. The highest BCUT2D eigenvalue weighted by atomic mass is 16.5. The molecule has 0 radical (unpaired) electrons. The number of carbonyl (C=O) groups is 1. The van der Waals surface area contributed by atoms with Gasteiger partial charge in [-0.3, -0.25) is 9.69 Å². The number of phenols is 1. The van der Waals surface area contributed by atoms with Crippen molar-refractivity contribution in [2.24, 2.45) is 0 Å². The van der Waals surface area contributed by atoms with Crippen molar-refractivity contribution in [3.8, 4) is 11.5 Å². The lowest BCUT2D eigenvalue weighted by Crippen LogP contribution is -2.36. The van der Waals surface area contributed by atoms with Gasteiger partial charge in [0, 0.05) is 12.6 Å². The van der Waals surface area contributed by atoms with E-state index < -0.39 is 0 Å². The van der Waals surface area contributed by atoms with Gasteiger partial charge in [0.25, 0.3) is 0 Å². The summed E-state index contributed by atoms with van der Waals surface area (Å²) in [6, 6.07) is 13.6. The monoisotopic (exact) mass is 375 g/mol. The number of phenolic OH excluding ortho intramolecular Hbond substituents is 1. The van der Waals surface area contributed by atoms with Crippen LogP contribution in [0.3, 0.4) is 0 Å². The molecule has 4 rings (SSSR count). The average Bonchev–Trinajstić information content (AvgIpc) is 3.02. The highest BCUT2D eigenvalue weighted by Gasteiger charge is 2.32. The van der Waals surface area contributed by atoms with E-state index in [1.165, 1.54) is 6.42 Å². The maximum Gasteiger partial charge on any atom is 0.231 e. The predicted molar refractivity (Wildman–Crippen MR) is 110 cm³/mol. The highest BCUT2D eigenvalue weighted by Crippen LogP contribution is 2.40. The quantitative estimate of drug-likeness (QED) is 0.769. The van der Waals surface area contributed by atoms with Crippen molar-refractivity contribution in [1.29, 1.82) is 0 Å². The first-order valence-electron chi connectivity index (χ1n) is 9.88. The molecule has 1 atom stereocenters. The Morgan fingerprint density at radius 3 is 2.79 bits per heavy atom. The SMILES string of the molecule is CC1CCCCN1Cc1c(O)ccc2c1O/C(=C\C=C\c1ccccc1)C2=O. The molecule has 0 amide bonds. The van der Waals surface area contributed by atoms with E-state index in [4.69, 9.17) is 4.74 Å². The van der Waals surface area contributed by atoms with Crippen LogP contribution in [0.25, 0.3) is 6.08 Å². The molecule has 2 heterocycles. The molecule has 144 valence electrons. The molecule has 2 aliphatic rings. The highest BCUT2D eigenvalue weighted by molar-refractivity contribution is 6.12. The number of allylic oxidation sites excluding steroid dienone is 3. The first-order chi connectivity index (χ1) is 13.6. The number of ketones is 1. The van der Waals surface area contributed by atoms with E-state index in [9.17, 15) is 9.90 Å². The lowest BCUT2D eigenvalue weighted by Gasteiger charge is -2.33. The molecular formula is C24H25NO3. The standard InChI is InChI=1S/C24H25NO3/c1-17-8-5-6-15-25(17)16-20-21(26)14-13-19-23(27)22(28-24(19)20)12-7-11-18-9-3-2-4-10-18/h2-4,7,9-14,17,26H,5-6,8,15-16H2,1H3/b11-7+,22-12-. The van der Waals surface area contributed by atoms with Gasteiger partial charge in [-0.1, -0.05) is 48.9 Å². The molecule has 0 bridgehead atoms. The normalized spacial score (nSPS) is 21.2. The Hall–Kier alpha value is -2.85. The minimum absolute atomic E-state index is 0.138. The van der Waals surface area contributed by atoms with E-state index in [-0.39, 0.29) is 11.5 Å². The molecule has 2 aromatic carbocycles. The maximum absolute atomic E-state index is 12.7. The van der Waals surface area contributed by atoms with Gasteiger partial charge in [0.15, 0.2) is 5.76 Å². The molecule has 2 aromatic rings. The van der Waals surface area contributed by atoms with Gasteiger partial charge >= 0.3 is 0 Å². The van der Waals surface area contributed by atoms with Gasteiger partial charge in [-0.05, 0) is 50.1 Å². The molecule has 0 aromatic heterocycles. The van der Waals surface area contributed by atoms with Crippen LogP contribution in [0.1, 0.15) is 47.7 Å². The largest absolute Gasteiger partial charge is 0.507 e. The predicted octanol–water partition coefficient (Wildman–Crippen LogP) is 4.94. The van der Waals surface area contributed by atoms with E-state index in [1.807, 2.05) is 42.5 Å². The second kappa shape index (κ2) is 8.03. The van der Waals surface area contributed by atoms with E-state index in [1.54, 1.807) is 18.2 Å². The molecular weight excluding hydrogens is 350 g/mol. The van der Waals surface area contributed by atoms with Crippen LogP contribution in [0.4, 0.5) is 0 Å². The van der Waals surface area contributed by atoms with Gasteiger partial charge in [0.1, 0.15) is 11.5 Å². The van der Waals surface area contributed by atoms with Crippen molar-refractivity contribution in [2.75, 3.05) is 6.54 Å². The third-order valence-electron chi connectivity index (χ3n) is 5.55. The second-order valence-corrected chi connectivity index (χ2v) is 7.49. The molecule has 1 unspecified atom stereocenters. The molecule has 1 N–H and O–H groups in total. The number of rotatable bonds is 4. The van der Waals surface area contributed by atoms with Crippen LogP contribution in [0.2, 0.25) is 0 Å². The molecule has 1 saturated heterocycles. The van der Waals surface area contributed by atoms with Crippen LogP contribution >= 0.6 is 0 Å². The zero-order valence-electron chi connectivity index (χ0n) is 16.1. The summed E-state index contributed by atoms with van der Waals surface area (Å²) in [5.41, 5.74) is 2.28. The molecule has 0 aliphatic carbocycles. The minimum Gasteiger partial charge on any atom is -0.507 e. The average molecular weight is 375 g/mol. The topological polar surface area (TPSA) is 49.8 Å². The fourth-order valence-corrected chi connectivity index (χ4v) is 3.87. The van der Waals surface area contributed by atoms with Crippen LogP contribution in [0, 0.1) is 0 Å². The van der Waals surface area contributed by atoms with Crippen LogP contribution in [-0.2, 0) is 6.54 Å². The molecule has 0 saturated carbocycles. The van der Waals surface area contributed by atoms with Crippen molar-refractivity contribution in [2.45, 2.75) is 38.8 Å². The summed E-state index contributed by atoms with van der Waals surface area (Å²) in [4.78, 5) is 15.1. The summed E-state index contributed by atoms with van der Waals surface area (Å²) in [7, 11) is 0. The summed E-state index contributed by atoms with van der Waals surface area (Å²) in [5, 5.41) is 10.4. The number of carbonyl (C=O) groups excluding carboxylic acids is 1. The van der Waals surface area contributed by atoms with Gasteiger partial charge < -0.3 is 9.84 Å². The second-order valence-electron chi connectivity index (χ2n) is 7.49. The lowest BCUT2D eigenvalue weighted by molar-refractivity contribution is 0.101. The zero-order valence-corrected chi connectivity index (χ0v) is 16.1. The Kier molecular flexibility index (Phi) is 5.31. The van der Waals surface area contributed by atoms with Crippen molar-refractivity contribution in [3.63, 3.8) is 0 Å². The molecule has 0 spiro atoms. The smallest absolute Gasteiger partial charge is 0.231 e. The Bertz CT molecular complexity index is 930. The van der Waals surface area contributed by atoms with Crippen LogP contribution in [0.5, 0.6) is 11.5 Å². The summed E-state index contributed by atoms with van der Waals surface area (Å²) in [6.45, 7) is 3.81. The van der Waals surface area contributed by atoms with E-state index in [0.29, 0.717) is 35.2 Å². The first-order valence-corrected chi connectivity index (χ1v) is 9.88. The fourth-order valence-electron chi connectivity index (χ4n) is 3.87. The Morgan fingerprint density at radius 2 is 2.00 bits per heavy atom. The van der Waals surface area contributed by atoms with Gasteiger partial charge in [-0.2, -0.15) is 0 Å². The van der Waals surface area contributed by atoms with Crippen molar-refractivity contribution < 1.29 is 14.6 Å². The zero-order chi connectivity index (χ0) is 19.5. The Labute approximate surface area is 165 Å². The van der Waals surface area contributed by atoms with Crippen molar-refractivity contribution in [3.05, 3.63) is 77.1 Å². The summed E-state index contributed by atoms with van der Waals surface area (Å²) < 4.78 is 5.92. The number of Topliss-reactive ketones (excluding diaryl/α,β-unsaturated/α-hetero) is 1. The number of ether oxygens (including phenoxy) is 1. The van der Waals surface area contributed by atoms with Gasteiger partial charge in [-0.25, -0.2) is 0 Å². The van der Waals surface area contributed by atoms with E-state index >= 15 is 0 Å².